The number of anilines is 1. The number of carbonyl (C=O) groups excluding carboxylic acids is 2. The van der Waals surface area contributed by atoms with Gasteiger partial charge >= 0.3 is 6.09 Å². The van der Waals surface area contributed by atoms with Crippen LogP contribution < -0.4 is 5.32 Å². The SMILES string of the molecule is CC(C)(C)OC(=O)Nc1ccc(Cl)cc1CCC=O. The maximum Gasteiger partial charge on any atom is 0.412 e. The van der Waals surface area contributed by atoms with Gasteiger partial charge in [-0.3, -0.25) is 5.32 Å². The largest absolute Gasteiger partial charge is 0.444 e. The highest BCUT2D eigenvalue weighted by atomic mass is 35.5. The highest BCUT2D eigenvalue weighted by Gasteiger charge is 2.17. The number of aldehydes is 1. The summed E-state index contributed by atoms with van der Waals surface area (Å²) in [5.74, 6) is 0. The summed E-state index contributed by atoms with van der Waals surface area (Å²) in [6.45, 7) is 5.38. The molecule has 0 bridgehead atoms. The lowest BCUT2D eigenvalue weighted by Crippen LogP contribution is -2.27. The van der Waals surface area contributed by atoms with Crippen molar-refractivity contribution in [1.82, 2.24) is 0 Å². The molecule has 0 saturated carbocycles. The molecule has 0 aliphatic heterocycles. The highest BCUT2D eigenvalue weighted by molar-refractivity contribution is 6.30. The molecule has 1 rings (SSSR count). The van der Waals surface area contributed by atoms with Crippen molar-refractivity contribution in [1.29, 1.82) is 0 Å². The van der Waals surface area contributed by atoms with Gasteiger partial charge in [0, 0.05) is 17.1 Å². The zero-order valence-electron chi connectivity index (χ0n) is 11.3. The van der Waals surface area contributed by atoms with Crippen molar-refractivity contribution in [2.24, 2.45) is 0 Å². The lowest BCUT2D eigenvalue weighted by atomic mass is 10.1. The number of carbonyl (C=O) groups is 2. The fourth-order valence-corrected chi connectivity index (χ4v) is 1.71. The molecular weight excluding hydrogens is 266 g/mol. The van der Waals surface area contributed by atoms with Crippen molar-refractivity contribution in [3.63, 3.8) is 0 Å². The van der Waals surface area contributed by atoms with Crippen molar-refractivity contribution in [3.8, 4) is 0 Å². The molecule has 0 aliphatic rings. The van der Waals surface area contributed by atoms with E-state index in [2.05, 4.69) is 5.32 Å². The molecule has 1 N–H and O–H groups in total. The molecule has 1 amide bonds. The van der Waals surface area contributed by atoms with E-state index in [1.165, 1.54) is 0 Å². The molecule has 1 aromatic rings. The number of aryl methyl sites for hydroxylation is 1. The van der Waals surface area contributed by atoms with E-state index in [4.69, 9.17) is 16.3 Å². The summed E-state index contributed by atoms with van der Waals surface area (Å²) in [5, 5.41) is 3.23. The summed E-state index contributed by atoms with van der Waals surface area (Å²) in [4.78, 5) is 22.1. The smallest absolute Gasteiger partial charge is 0.412 e. The van der Waals surface area contributed by atoms with Crippen LogP contribution in [0.1, 0.15) is 32.8 Å². The molecule has 0 fully saturated rings. The molecule has 0 aliphatic carbocycles. The van der Waals surface area contributed by atoms with E-state index in [9.17, 15) is 9.59 Å². The Morgan fingerprint density at radius 1 is 1.42 bits per heavy atom. The third kappa shape index (κ3) is 5.75. The molecular formula is C14H18ClNO3. The first-order valence-electron chi connectivity index (χ1n) is 6.04. The number of amides is 1. The van der Waals surface area contributed by atoms with Gasteiger partial charge in [-0.25, -0.2) is 4.79 Å². The van der Waals surface area contributed by atoms with E-state index >= 15 is 0 Å². The number of ether oxygens (including phenoxy) is 1. The Hall–Kier alpha value is -1.55. The average molecular weight is 284 g/mol. The minimum atomic E-state index is -0.556. The van der Waals surface area contributed by atoms with Crippen molar-refractivity contribution in [2.45, 2.75) is 39.2 Å². The first kappa shape index (κ1) is 15.5. The monoisotopic (exact) mass is 283 g/mol. The van der Waals surface area contributed by atoms with Crippen molar-refractivity contribution in [3.05, 3.63) is 28.8 Å². The normalized spacial score (nSPS) is 10.9. The zero-order chi connectivity index (χ0) is 14.5. The predicted molar refractivity (Wildman–Crippen MR) is 75.7 cm³/mol. The Bertz CT molecular complexity index is 466. The fraction of sp³-hybridized carbons (Fsp3) is 0.429. The van der Waals surface area contributed by atoms with Crippen LogP contribution in [0.3, 0.4) is 0 Å². The third-order valence-electron chi connectivity index (χ3n) is 2.23. The number of hydrogen-bond acceptors (Lipinski definition) is 3. The van der Waals surface area contributed by atoms with Gasteiger partial charge in [-0.2, -0.15) is 0 Å². The Morgan fingerprint density at radius 2 is 2.11 bits per heavy atom. The van der Waals surface area contributed by atoms with Crippen LogP contribution in [-0.4, -0.2) is 18.0 Å². The van der Waals surface area contributed by atoms with E-state index in [-0.39, 0.29) is 0 Å². The molecule has 104 valence electrons. The van der Waals surface area contributed by atoms with Gasteiger partial charge < -0.3 is 9.53 Å². The van der Waals surface area contributed by atoms with Crippen LogP contribution in [0.25, 0.3) is 0 Å². The summed E-state index contributed by atoms with van der Waals surface area (Å²) < 4.78 is 5.18. The number of hydrogen-bond donors (Lipinski definition) is 1. The summed E-state index contributed by atoms with van der Waals surface area (Å²) in [6, 6.07) is 5.11. The van der Waals surface area contributed by atoms with E-state index in [1.807, 2.05) is 0 Å². The second-order valence-electron chi connectivity index (χ2n) is 5.13. The summed E-state index contributed by atoms with van der Waals surface area (Å²) in [7, 11) is 0. The van der Waals surface area contributed by atoms with Crippen LogP contribution in [0.5, 0.6) is 0 Å². The predicted octanol–water partition coefficient (Wildman–Crippen LogP) is 3.82. The second kappa shape index (κ2) is 6.57. The molecule has 0 radical (unpaired) electrons. The summed E-state index contributed by atoms with van der Waals surface area (Å²) in [5.41, 5.74) is 0.866. The number of nitrogens with one attached hydrogen (secondary N) is 1. The van der Waals surface area contributed by atoms with Crippen molar-refractivity contribution >= 4 is 29.7 Å². The minimum Gasteiger partial charge on any atom is -0.444 e. The number of benzene rings is 1. The maximum absolute atomic E-state index is 11.7. The van der Waals surface area contributed by atoms with Gasteiger partial charge in [0.2, 0.25) is 0 Å². The van der Waals surface area contributed by atoms with Crippen LogP contribution in [0.2, 0.25) is 5.02 Å². The Balaban J connectivity index is 2.81. The number of rotatable bonds is 4. The quantitative estimate of drug-likeness (QED) is 0.855. The van der Waals surface area contributed by atoms with Crippen LogP contribution in [0.4, 0.5) is 10.5 Å². The van der Waals surface area contributed by atoms with Gasteiger partial charge in [-0.15, -0.1) is 0 Å². The van der Waals surface area contributed by atoms with Crippen LogP contribution in [-0.2, 0) is 16.0 Å². The first-order chi connectivity index (χ1) is 8.81. The minimum absolute atomic E-state index is 0.378. The summed E-state index contributed by atoms with van der Waals surface area (Å²) >= 11 is 5.91. The lowest BCUT2D eigenvalue weighted by molar-refractivity contribution is -0.107. The van der Waals surface area contributed by atoms with Gasteiger partial charge in [0.25, 0.3) is 0 Å². The zero-order valence-corrected chi connectivity index (χ0v) is 12.1. The fourth-order valence-electron chi connectivity index (χ4n) is 1.52. The van der Waals surface area contributed by atoms with Gasteiger partial charge in [0.15, 0.2) is 0 Å². The second-order valence-corrected chi connectivity index (χ2v) is 5.57. The van der Waals surface area contributed by atoms with E-state index in [0.29, 0.717) is 23.6 Å². The van der Waals surface area contributed by atoms with Crippen LogP contribution >= 0.6 is 11.6 Å². The van der Waals surface area contributed by atoms with Gasteiger partial charge in [0.05, 0.1) is 0 Å². The van der Waals surface area contributed by atoms with E-state index in [0.717, 1.165) is 11.8 Å². The molecule has 19 heavy (non-hydrogen) atoms. The van der Waals surface area contributed by atoms with Gasteiger partial charge in [0.1, 0.15) is 11.9 Å². The third-order valence-corrected chi connectivity index (χ3v) is 2.47. The Kier molecular flexibility index (Phi) is 5.36. The molecule has 0 saturated heterocycles. The topological polar surface area (TPSA) is 55.4 Å². The Morgan fingerprint density at radius 3 is 2.68 bits per heavy atom. The standard InChI is InChI=1S/C14H18ClNO3/c1-14(2,3)19-13(18)16-12-7-6-11(15)9-10(12)5-4-8-17/h6-9H,4-5H2,1-3H3,(H,16,18). The van der Waals surface area contributed by atoms with Gasteiger partial charge in [-0.1, -0.05) is 11.6 Å². The van der Waals surface area contributed by atoms with E-state index in [1.54, 1.807) is 39.0 Å². The maximum atomic E-state index is 11.7. The van der Waals surface area contributed by atoms with Crippen molar-refractivity contribution < 1.29 is 14.3 Å². The van der Waals surface area contributed by atoms with Crippen LogP contribution in [0.15, 0.2) is 18.2 Å². The Labute approximate surface area is 118 Å². The first-order valence-corrected chi connectivity index (χ1v) is 6.41. The molecule has 5 heteroatoms. The number of halogens is 1. The van der Waals surface area contributed by atoms with Crippen molar-refractivity contribution in [2.75, 3.05) is 5.32 Å². The molecule has 0 unspecified atom stereocenters. The lowest BCUT2D eigenvalue weighted by Gasteiger charge is -2.20. The highest BCUT2D eigenvalue weighted by Crippen LogP contribution is 2.22. The average Bonchev–Trinajstić information content (AvgIpc) is 2.27. The van der Waals surface area contributed by atoms with Gasteiger partial charge in [-0.05, 0) is 51.0 Å². The molecule has 1 aromatic carbocycles. The molecule has 0 heterocycles. The molecule has 0 atom stereocenters. The van der Waals surface area contributed by atoms with Crippen LogP contribution in [0, 0.1) is 0 Å². The molecule has 4 nitrogen and oxygen atoms in total. The molecule has 0 aromatic heterocycles. The van der Waals surface area contributed by atoms with E-state index < -0.39 is 11.7 Å². The summed E-state index contributed by atoms with van der Waals surface area (Å²) in [6.07, 6.45) is 1.21. The molecule has 0 spiro atoms.